The molecule has 0 spiro atoms. The van der Waals surface area contributed by atoms with Gasteiger partial charge in [0.15, 0.2) is 5.82 Å². The average molecular weight is 656 g/mol. The van der Waals surface area contributed by atoms with Crippen molar-refractivity contribution >= 4 is 54.9 Å². The van der Waals surface area contributed by atoms with E-state index >= 15 is 0 Å². The first kappa shape index (κ1) is 28.6. The SMILES string of the molecule is c1ccc(-c2ccc3c(c2)c2cc(-c4ccccc4)ccc2n3-c2cccc(-c3nc(-c4ccc5cc6ccccc6cc5c4)ns3)c2)cc1. The van der Waals surface area contributed by atoms with Crippen LogP contribution in [0.3, 0.4) is 0 Å². The average Bonchev–Trinajstić information content (AvgIpc) is 3.81. The molecule has 0 unspecified atom stereocenters. The van der Waals surface area contributed by atoms with Crippen molar-refractivity contribution in [1.82, 2.24) is 13.9 Å². The maximum absolute atomic E-state index is 5.06. The quantitative estimate of drug-likeness (QED) is 0.173. The maximum atomic E-state index is 5.06. The second-order valence-corrected chi connectivity index (χ2v) is 13.5. The number of rotatable bonds is 5. The van der Waals surface area contributed by atoms with E-state index in [2.05, 4.69) is 180 Å². The zero-order valence-electron chi connectivity index (χ0n) is 27.0. The van der Waals surface area contributed by atoms with E-state index in [1.54, 1.807) is 0 Å². The molecular formula is C46H29N3S. The molecule has 0 saturated heterocycles. The Hall–Kier alpha value is -6.36. The van der Waals surface area contributed by atoms with Crippen molar-refractivity contribution < 1.29 is 0 Å². The van der Waals surface area contributed by atoms with Crippen molar-refractivity contribution in [3.05, 3.63) is 176 Å². The van der Waals surface area contributed by atoms with Gasteiger partial charge in [-0.05, 0) is 110 Å². The molecule has 8 aromatic carbocycles. The van der Waals surface area contributed by atoms with Crippen LogP contribution in [-0.4, -0.2) is 13.9 Å². The molecule has 0 aliphatic rings. The molecule has 0 fully saturated rings. The summed E-state index contributed by atoms with van der Waals surface area (Å²) in [6.45, 7) is 0. The molecule has 0 bridgehead atoms. The van der Waals surface area contributed by atoms with Crippen LogP contribution in [0.2, 0.25) is 0 Å². The summed E-state index contributed by atoms with van der Waals surface area (Å²) < 4.78 is 7.21. The van der Waals surface area contributed by atoms with Crippen molar-refractivity contribution in [3.8, 4) is 49.9 Å². The van der Waals surface area contributed by atoms with Crippen LogP contribution < -0.4 is 0 Å². The Morgan fingerprint density at radius 1 is 0.380 bits per heavy atom. The monoisotopic (exact) mass is 655 g/mol. The number of hydrogen-bond acceptors (Lipinski definition) is 3. The van der Waals surface area contributed by atoms with Crippen LogP contribution in [0.4, 0.5) is 0 Å². The number of aromatic nitrogens is 3. The highest BCUT2D eigenvalue weighted by atomic mass is 32.1. The maximum Gasteiger partial charge on any atom is 0.173 e. The van der Waals surface area contributed by atoms with Gasteiger partial charge in [0.05, 0.1) is 11.0 Å². The third-order valence-electron chi connectivity index (χ3n) is 9.72. The predicted octanol–water partition coefficient (Wildman–Crippen LogP) is 12.6. The van der Waals surface area contributed by atoms with Gasteiger partial charge >= 0.3 is 0 Å². The summed E-state index contributed by atoms with van der Waals surface area (Å²) in [5.74, 6) is 0.754. The Bertz CT molecular complexity index is 2770. The summed E-state index contributed by atoms with van der Waals surface area (Å²) >= 11 is 1.45. The van der Waals surface area contributed by atoms with Crippen LogP contribution >= 0.6 is 11.5 Å². The number of nitrogens with zero attached hydrogens (tertiary/aromatic N) is 3. The third kappa shape index (κ3) is 4.89. The Balaban J connectivity index is 1.08. The van der Waals surface area contributed by atoms with Gasteiger partial charge in [-0.3, -0.25) is 0 Å². The smallest absolute Gasteiger partial charge is 0.173 e. The van der Waals surface area contributed by atoms with E-state index in [-0.39, 0.29) is 0 Å². The third-order valence-corrected chi connectivity index (χ3v) is 10.5. The zero-order chi connectivity index (χ0) is 33.0. The molecule has 0 aliphatic heterocycles. The second kappa shape index (κ2) is 11.7. The summed E-state index contributed by atoms with van der Waals surface area (Å²) in [5, 5.41) is 8.25. The number of benzene rings is 8. The second-order valence-electron chi connectivity index (χ2n) is 12.8. The Labute approximate surface area is 293 Å². The standard InChI is InChI=1S/C46H29N3S/c1-3-10-30(11-4-1)35-20-22-43-41(28-35)42-29-36(31-12-5-2-6-13-31)21-23-44(42)49(43)40-17-9-16-38(27-40)46-47-45(48-50-46)37-19-18-34-24-32-14-7-8-15-33(32)25-39(34)26-37/h1-29H. The molecule has 10 rings (SSSR count). The molecule has 3 nitrogen and oxygen atoms in total. The molecule has 0 saturated carbocycles. The summed E-state index contributed by atoms with van der Waals surface area (Å²) in [6, 6.07) is 63.1. The Morgan fingerprint density at radius 3 is 1.60 bits per heavy atom. The van der Waals surface area contributed by atoms with Crippen LogP contribution in [0, 0.1) is 0 Å². The number of hydrogen-bond donors (Lipinski definition) is 0. The van der Waals surface area contributed by atoms with E-state index in [1.807, 2.05) is 0 Å². The van der Waals surface area contributed by atoms with Crippen LogP contribution in [-0.2, 0) is 0 Å². The zero-order valence-corrected chi connectivity index (χ0v) is 27.8. The van der Waals surface area contributed by atoms with E-state index in [0.29, 0.717) is 0 Å². The predicted molar refractivity (Wildman–Crippen MR) is 211 cm³/mol. The van der Waals surface area contributed by atoms with E-state index in [9.17, 15) is 0 Å². The molecule has 4 heteroatoms. The lowest BCUT2D eigenvalue weighted by molar-refractivity contribution is 1.18. The molecule has 2 aromatic heterocycles. The topological polar surface area (TPSA) is 30.7 Å². The lowest BCUT2D eigenvalue weighted by Gasteiger charge is -2.10. The minimum Gasteiger partial charge on any atom is -0.309 e. The normalized spacial score (nSPS) is 11.6. The van der Waals surface area contributed by atoms with Crippen molar-refractivity contribution in [2.75, 3.05) is 0 Å². The lowest BCUT2D eigenvalue weighted by atomic mass is 10.0. The highest BCUT2D eigenvalue weighted by Gasteiger charge is 2.16. The van der Waals surface area contributed by atoms with E-state index < -0.39 is 0 Å². The first-order valence-corrected chi connectivity index (χ1v) is 17.6. The van der Waals surface area contributed by atoms with Crippen molar-refractivity contribution in [1.29, 1.82) is 0 Å². The van der Waals surface area contributed by atoms with Gasteiger partial charge in [0, 0.05) is 27.6 Å². The fourth-order valence-corrected chi connectivity index (χ4v) is 7.92. The Morgan fingerprint density at radius 2 is 0.940 bits per heavy atom. The molecule has 234 valence electrons. The highest BCUT2D eigenvalue weighted by Crippen LogP contribution is 2.38. The van der Waals surface area contributed by atoms with Gasteiger partial charge < -0.3 is 4.57 Å². The minimum absolute atomic E-state index is 0.754. The molecule has 10 aromatic rings. The summed E-state index contributed by atoms with van der Waals surface area (Å²) in [6.07, 6.45) is 0. The van der Waals surface area contributed by atoms with Crippen LogP contribution in [0.5, 0.6) is 0 Å². The van der Waals surface area contributed by atoms with Crippen molar-refractivity contribution in [3.63, 3.8) is 0 Å². The first-order valence-electron chi connectivity index (χ1n) is 16.8. The molecule has 0 N–H and O–H groups in total. The molecular weight excluding hydrogens is 627 g/mol. The number of fused-ring (bicyclic) bond motifs is 5. The van der Waals surface area contributed by atoms with Gasteiger partial charge in [-0.15, -0.1) is 0 Å². The molecule has 50 heavy (non-hydrogen) atoms. The van der Waals surface area contributed by atoms with Crippen molar-refractivity contribution in [2.45, 2.75) is 0 Å². The molecule has 0 atom stereocenters. The van der Waals surface area contributed by atoms with Crippen molar-refractivity contribution in [2.24, 2.45) is 0 Å². The van der Waals surface area contributed by atoms with Gasteiger partial charge in [0.1, 0.15) is 5.01 Å². The van der Waals surface area contributed by atoms with Gasteiger partial charge in [-0.25, -0.2) is 4.98 Å². The molecule has 2 heterocycles. The summed E-state index contributed by atoms with van der Waals surface area (Å²) in [7, 11) is 0. The van der Waals surface area contributed by atoms with Gasteiger partial charge in [0.25, 0.3) is 0 Å². The molecule has 0 aliphatic carbocycles. The van der Waals surface area contributed by atoms with Crippen LogP contribution in [0.25, 0.3) is 93.3 Å². The minimum atomic E-state index is 0.754. The van der Waals surface area contributed by atoms with Crippen LogP contribution in [0.15, 0.2) is 176 Å². The fourth-order valence-electron chi connectivity index (χ4n) is 7.24. The fraction of sp³-hybridized carbons (Fsp3) is 0. The summed E-state index contributed by atoms with van der Waals surface area (Å²) in [5.41, 5.74) is 10.3. The van der Waals surface area contributed by atoms with Gasteiger partial charge in [0.2, 0.25) is 0 Å². The van der Waals surface area contributed by atoms with Gasteiger partial charge in [-0.1, -0.05) is 121 Å². The highest BCUT2D eigenvalue weighted by molar-refractivity contribution is 7.09. The largest absolute Gasteiger partial charge is 0.309 e. The summed E-state index contributed by atoms with van der Waals surface area (Å²) in [4.78, 5) is 5.06. The van der Waals surface area contributed by atoms with Gasteiger partial charge in [-0.2, -0.15) is 4.37 Å². The van der Waals surface area contributed by atoms with E-state index in [4.69, 9.17) is 9.36 Å². The Kier molecular flexibility index (Phi) is 6.68. The van der Waals surface area contributed by atoms with E-state index in [1.165, 1.54) is 77.1 Å². The van der Waals surface area contributed by atoms with E-state index in [0.717, 1.165) is 27.6 Å². The lowest BCUT2D eigenvalue weighted by Crippen LogP contribution is -1.94. The molecule has 0 amide bonds. The molecule has 0 radical (unpaired) electrons. The van der Waals surface area contributed by atoms with Crippen LogP contribution in [0.1, 0.15) is 0 Å². The first-order chi connectivity index (χ1) is 24.7.